The summed E-state index contributed by atoms with van der Waals surface area (Å²) in [4.78, 5) is 26.8. The van der Waals surface area contributed by atoms with E-state index in [1.165, 1.54) is 10.5 Å². The van der Waals surface area contributed by atoms with Gasteiger partial charge in [0.2, 0.25) is 11.8 Å². The molecule has 3 nitrogen and oxygen atoms in total. The van der Waals surface area contributed by atoms with Crippen molar-refractivity contribution >= 4 is 17.5 Å². The Bertz CT molecular complexity index is 597. The van der Waals surface area contributed by atoms with Crippen molar-refractivity contribution in [3.8, 4) is 0 Å². The molecule has 3 atom stereocenters. The molecular weight excluding hydrogens is 274 g/mol. The minimum absolute atomic E-state index is 0.00468. The van der Waals surface area contributed by atoms with Crippen molar-refractivity contribution in [1.29, 1.82) is 0 Å². The Balaban J connectivity index is 1.89. The first-order valence-electron chi connectivity index (χ1n) is 8.27. The average Bonchev–Trinajstić information content (AvgIpc) is 2.70. The summed E-state index contributed by atoms with van der Waals surface area (Å²) in [7, 11) is 0. The minimum Gasteiger partial charge on any atom is -0.274 e. The highest BCUT2D eigenvalue weighted by Gasteiger charge is 2.49. The summed E-state index contributed by atoms with van der Waals surface area (Å²) in [6.45, 7) is 8.65. The van der Waals surface area contributed by atoms with Crippen LogP contribution in [0.5, 0.6) is 0 Å². The highest BCUT2D eigenvalue weighted by atomic mass is 16.2. The molecule has 22 heavy (non-hydrogen) atoms. The molecule has 1 saturated heterocycles. The third kappa shape index (κ3) is 2.47. The van der Waals surface area contributed by atoms with E-state index < -0.39 is 0 Å². The van der Waals surface area contributed by atoms with Crippen molar-refractivity contribution in [1.82, 2.24) is 0 Å². The van der Waals surface area contributed by atoms with Gasteiger partial charge in [0.15, 0.2) is 0 Å². The van der Waals surface area contributed by atoms with Crippen LogP contribution in [-0.2, 0) is 15.0 Å². The number of hydrogen-bond acceptors (Lipinski definition) is 2. The van der Waals surface area contributed by atoms with Gasteiger partial charge >= 0.3 is 0 Å². The Kier molecular flexibility index (Phi) is 3.62. The molecule has 3 rings (SSSR count). The summed E-state index contributed by atoms with van der Waals surface area (Å²) in [5.74, 6) is 0.362. The molecule has 1 aliphatic carbocycles. The Hall–Kier alpha value is -1.64. The van der Waals surface area contributed by atoms with Crippen molar-refractivity contribution in [2.75, 3.05) is 4.90 Å². The number of nitrogens with zero attached hydrogens (tertiary/aromatic N) is 1. The van der Waals surface area contributed by atoms with Gasteiger partial charge in [-0.3, -0.25) is 14.5 Å². The standard InChI is InChI=1S/C19H25NO2/c1-12-5-10-15-16(11-12)18(22)20(17(15)21)14-8-6-13(7-9-14)19(2,3)4/h6-9,12,15-16H,5,10-11H2,1-4H3/t12-,15+,16-/m1/s1. The van der Waals surface area contributed by atoms with Gasteiger partial charge in [0, 0.05) is 0 Å². The molecule has 0 unspecified atom stereocenters. The maximum Gasteiger partial charge on any atom is 0.237 e. The molecular formula is C19H25NO2. The highest BCUT2D eigenvalue weighted by Crippen LogP contribution is 2.42. The normalized spacial score (nSPS) is 28.9. The molecule has 1 saturated carbocycles. The zero-order valence-electron chi connectivity index (χ0n) is 13.9. The van der Waals surface area contributed by atoms with E-state index in [4.69, 9.17) is 0 Å². The van der Waals surface area contributed by atoms with Crippen molar-refractivity contribution in [2.45, 2.75) is 52.4 Å². The quantitative estimate of drug-likeness (QED) is 0.737. The fraction of sp³-hybridized carbons (Fsp3) is 0.579. The average molecular weight is 299 g/mol. The van der Waals surface area contributed by atoms with Crippen LogP contribution in [0.4, 0.5) is 5.69 Å². The summed E-state index contributed by atoms with van der Waals surface area (Å²) in [6, 6.07) is 7.88. The summed E-state index contributed by atoms with van der Waals surface area (Å²) in [6.07, 6.45) is 2.76. The molecule has 118 valence electrons. The SMILES string of the molecule is C[C@@H]1CC[C@@H]2C(=O)N(c3ccc(C(C)(C)C)cc3)C(=O)[C@@H]2C1. The molecule has 1 aliphatic heterocycles. The molecule has 0 spiro atoms. The molecule has 2 aliphatic rings. The van der Waals surface area contributed by atoms with Gasteiger partial charge in [0.05, 0.1) is 17.5 Å². The molecule has 2 amide bonds. The van der Waals surface area contributed by atoms with Crippen LogP contribution in [0, 0.1) is 17.8 Å². The fourth-order valence-electron chi connectivity index (χ4n) is 3.75. The van der Waals surface area contributed by atoms with E-state index in [0.29, 0.717) is 5.92 Å². The third-order valence-corrected chi connectivity index (χ3v) is 5.18. The van der Waals surface area contributed by atoms with Crippen LogP contribution in [0.15, 0.2) is 24.3 Å². The van der Waals surface area contributed by atoms with Crippen LogP contribution in [0.25, 0.3) is 0 Å². The lowest BCUT2D eigenvalue weighted by atomic mass is 9.76. The predicted molar refractivity (Wildman–Crippen MR) is 87.6 cm³/mol. The number of fused-ring (bicyclic) bond motifs is 1. The lowest BCUT2D eigenvalue weighted by molar-refractivity contribution is -0.122. The van der Waals surface area contributed by atoms with Crippen LogP contribution in [0.2, 0.25) is 0 Å². The Morgan fingerprint density at radius 2 is 1.55 bits per heavy atom. The van der Waals surface area contributed by atoms with Gasteiger partial charge in [-0.05, 0) is 48.3 Å². The summed E-state index contributed by atoms with van der Waals surface area (Å²) < 4.78 is 0. The van der Waals surface area contributed by atoms with Gasteiger partial charge in [-0.2, -0.15) is 0 Å². The second-order valence-electron chi connectivity index (χ2n) is 7.94. The minimum atomic E-state index is -0.0986. The van der Waals surface area contributed by atoms with Crippen LogP contribution in [0.3, 0.4) is 0 Å². The molecule has 0 aromatic heterocycles. The van der Waals surface area contributed by atoms with E-state index in [9.17, 15) is 9.59 Å². The number of imide groups is 1. The highest BCUT2D eigenvalue weighted by molar-refractivity contribution is 6.22. The predicted octanol–water partition coefficient (Wildman–Crippen LogP) is 3.91. The molecule has 1 aromatic carbocycles. The van der Waals surface area contributed by atoms with Crippen molar-refractivity contribution < 1.29 is 9.59 Å². The van der Waals surface area contributed by atoms with Crippen LogP contribution in [0.1, 0.15) is 52.5 Å². The van der Waals surface area contributed by atoms with E-state index in [1.54, 1.807) is 0 Å². The Labute approximate surface area is 132 Å². The molecule has 2 fully saturated rings. The first-order chi connectivity index (χ1) is 10.3. The molecule has 1 aromatic rings. The van der Waals surface area contributed by atoms with Gasteiger partial charge in [-0.15, -0.1) is 0 Å². The second kappa shape index (κ2) is 5.22. The first kappa shape index (κ1) is 15.3. The number of rotatable bonds is 1. The van der Waals surface area contributed by atoms with Gasteiger partial charge in [-0.1, -0.05) is 39.8 Å². The Morgan fingerprint density at radius 3 is 2.14 bits per heavy atom. The fourth-order valence-corrected chi connectivity index (χ4v) is 3.75. The first-order valence-corrected chi connectivity index (χ1v) is 8.27. The molecule has 0 bridgehead atoms. The number of carbonyl (C=O) groups excluding carboxylic acids is 2. The van der Waals surface area contributed by atoms with E-state index in [0.717, 1.165) is 24.9 Å². The van der Waals surface area contributed by atoms with Crippen LogP contribution >= 0.6 is 0 Å². The van der Waals surface area contributed by atoms with Gasteiger partial charge in [-0.25, -0.2) is 0 Å². The number of hydrogen-bond donors (Lipinski definition) is 0. The van der Waals surface area contributed by atoms with Crippen molar-refractivity contribution in [3.63, 3.8) is 0 Å². The summed E-state index contributed by atoms with van der Waals surface area (Å²) in [5, 5.41) is 0. The second-order valence-corrected chi connectivity index (χ2v) is 7.94. The van der Waals surface area contributed by atoms with E-state index in [-0.39, 0.29) is 29.1 Å². The third-order valence-electron chi connectivity index (χ3n) is 5.18. The summed E-state index contributed by atoms with van der Waals surface area (Å²) >= 11 is 0. The molecule has 0 N–H and O–H groups in total. The topological polar surface area (TPSA) is 37.4 Å². The lowest BCUT2D eigenvalue weighted by Gasteiger charge is -2.25. The van der Waals surface area contributed by atoms with E-state index in [1.807, 2.05) is 24.3 Å². The maximum absolute atomic E-state index is 12.7. The van der Waals surface area contributed by atoms with Crippen molar-refractivity contribution in [2.24, 2.45) is 17.8 Å². The number of amides is 2. The molecule has 3 heteroatoms. The molecule has 1 heterocycles. The van der Waals surface area contributed by atoms with E-state index in [2.05, 4.69) is 27.7 Å². The van der Waals surface area contributed by atoms with Crippen LogP contribution < -0.4 is 4.90 Å². The van der Waals surface area contributed by atoms with Gasteiger partial charge in [0.25, 0.3) is 0 Å². The number of anilines is 1. The van der Waals surface area contributed by atoms with Gasteiger partial charge in [0.1, 0.15) is 0 Å². The molecule has 0 radical (unpaired) electrons. The number of benzene rings is 1. The lowest BCUT2D eigenvalue weighted by Crippen LogP contribution is -2.30. The zero-order valence-corrected chi connectivity index (χ0v) is 13.9. The zero-order chi connectivity index (χ0) is 16.1. The monoisotopic (exact) mass is 299 g/mol. The largest absolute Gasteiger partial charge is 0.274 e. The van der Waals surface area contributed by atoms with Gasteiger partial charge < -0.3 is 0 Å². The smallest absolute Gasteiger partial charge is 0.237 e. The summed E-state index contributed by atoms with van der Waals surface area (Å²) in [5.41, 5.74) is 2.01. The Morgan fingerprint density at radius 1 is 0.955 bits per heavy atom. The van der Waals surface area contributed by atoms with Crippen LogP contribution in [-0.4, -0.2) is 11.8 Å². The van der Waals surface area contributed by atoms with Crippen molar-refractivity contribution in [3.05, 3.63) is 29.8 Å². The number of carbonyl (C=O) groups is 2. The van der Waals surface area contributed by atoms with E-state index >= 15 is 0 Å². The maximum atomic E-state index is 12.7.